The molecule has 5 fully saturated rings. The van der Waals surface area contributed by atoms with Gasteiger partial charge in [-0.05, 0) is 142 Å². The van der Waals surface area contributed by atoms with Crippen LogP contribution in [0.5, 0.6) is 0 Å². The number of aliphatic hydroxyl groups excluding tert-OH is 1. The van der Waals surface area contributed by atoms with E-state index in [-0.39, 0.29) is 88.3 Å². The van der Waals surface area contributed by atoms with E-state index in [2.05, 4.69) is 124 Å². The first-order chi connectivity index (χ1) is 27.0. The molecular formula is C46H86N4O9. The monoisotopic (exact) mass is 839 g/mol. The fraction of sp³-hybridized carbons (Fsp3) is 0.978. The number of hydrogen-bond donors (Lipinski definition) is 1. The lowest BCUT2D eigenvalue weighted by Gasteiger charge is -2.55. The number of hydroxylamine groups is 4. The molecule has 13 nitrogen and oxygen atoms in total. The molecule has 13 heteroatoms. The average Bonchev–Trinajstić information content (AvgIpc) is 3.39. The molecule has 59 heavy (non-hydrogen) atoms. The second-order valence-corrected chi connectivity index (χ2v) is 23.3. The lowest BCUT2D eigenvalue weighted by molar-refractivity contribution is -0.281. The average molecular weight is 839 g/mol. The Morgan fingerprint density at radius 2 is 1.05 bits per heavy atom. The Labute approximate surface area is 358 Å². The van der Waals surface area contributed by atoms with Crippen LogP contribution in [-0.4, -0.2) is 159 Å². The Kier molecular flexibility index (Phi) is 14.6. The number of fused-ring (bicyclic) bond motifs is 1. The highest BCUT2D eigenvalue weighted by atomic mass is 16.7. The van der Waals surface area contributed by atoms with E-state index in [0.717, 1.165) is 51.5 Å². The van der Waals surface area contributed by atoms with E-state index in [0.29, 0.717) is 26.2 Å². The minimum atomic E-state index is -0.620. The summed E-state index contributed by atoms with van der Waals surface area (Å²) < 4.78 is 32.3. The molecule has 0 spiro atoms. The summed E-state index contributed by atoms with van der Waals surface area (Å²) in [4.78, 5) is 29.7. The van der Waals surface area contributed by atoms with Gasteiger partial charge in [0.25, 0.3) is 0 Å². The normalized spacial score (nSPS) is 33.1. The highest BCUT2D eigenvalue weighted by Gasteiger charge is 2.56. The van der Waals surface area contributed by atoms with Crippen LogP contribution >= 0.6 is 0 Å². The number of rotatable bonds is 15. The number of hydrogen-bond acceptors (Lipinski definition) is 13. The minimum Gasteiger partial charge on any atom is -0.462 e. The molecule has 0 aromatic rings. The zero-order valence-electron chi connectivity index (χ0n) is 40.4. The summed E-state index contributed by atoms with van der Waals surface area (Å²) in [7, 11) is 3.49. The SMILES string of the molecule is CON1C(C)(C)CC(OCC(O)CN2C(C)(C)CC(OCCC(=O)OC3CC(C)(C)N4CC(COC5CC(C)(C)N(OC)C(C)(C)C5)OC4(C)C3)CC2(C)C)CC1(C)C. The number of β-amino-alcohol motifs (C(OH)–C–C–N with tert-alkyl or cyclic N) is 1. The van der Waals surface area contributed by atoms with Crippen molar-refractivity contribution in [1.82, 2.24) is 19.9 Å². The summed E-state index contributed by atoms with van der Waals surface area (Å²) in [6.07, 6.45) is 5.81. The number of ether oxygens (including phenoxy) is 5. The predicted octanol–water partition coefficient (Wildman–Crippen LogP) is 6.88. The van der Waals surface area contributed by atoms with Crippen LogP contribution in [0.3, 0.4) is 0 Å². The van der Waals surface area contributed by atoms with Gasteiger partial charge in [-0.3, -0.25) is 14.6 Å². The number of carbonyl (C=O) groups is 1. The van der Waals surface area contributed by atoms with Crippen molar-refractivity contribution in [3.8, 4) is 0 Å². The quantitative estimate of drug-likeness (QED) is 0.173. The van der Waals surface area contributed by atoms with Crippen LogP contribution in [0.25, 0.3) is 0 Å². The second-order valence-electron chi connectivity index (χ2n) is 23.3. The van der Waals surface area contributed by atoms with Crippen LogP contribution in [0.1, 0.15) is 162 Å². The zero-order chi connectivity index (χ0) is 44.2. The van der Waals surface area contributed by atoms with Gasteiger partial charge in [0.1, 0.15) is 11.8 Å². The molecule has 0 aliphatic carbocycles. The fourth-order valence-electron chi connectivity index (χ4n) is 12.9. The van der Waals surface area contributed by atoms with Crippen LogP contribution in [0.2, 0.25) is 0 Å². The molecular weight excluding hydrogens is 753 g/mol. The van der Waals surface area contributed by atoms with Gasteiger partial charge in [-0.1, -0.05) is 0 Å². The first-order valence-corrected chi connectivity index (χ1v) is 22.6. The second kappa shape index (κ2) is 17.5. The molecule has 1 N–H and O–H groups in total. The summed E-state index contributed by atoms with van der Waals surface area (Å²) in [5, 5.41) is 15.5. The number of nitrogens with zero attached hydrogens (tertiary/aromatic N) is 4. The summed E-state index contributed by atoms with van der Waals surface area (Å²) >= 11 is 0. The van der Waals surface area contributed by atoms with E-state index in [9.17, 15) is 9.90 Å². The molecule has 4 unspecified atom stereocenters. The van der Waals surface area contributed by atoms with Gasteiger partial charge in [-0.2, -0.15) is 10.1 Å². The smallest absolute Gasteiger partial charge is 0.308 e. The van der Waals surface area contributed by atoms with Crippen LogP contribution in [0, 0.1) is 0 Å². The number of aliphatic hydroxyl groups is 1. The maximum atomic E-state index is 13.3. The van der Waals surface area contributed by atoms with E-state index in [1.165, 1.54) is 0 Å². The van der Waals surface area contributed by atoms with Gasteiger partial charge in [0.15, 0.2) is 0 Å². The maximum absolute atomic E-state index is 13.3. The summed E-state index contributed by atoms with van der Waals surface area (Å²) in [5.41, 5.74) is -1.84. The molecule has 0 aromatic carbocycles. The van der Waals surface area contributed by atoms with E-state index < -0.39 is 11.8 Å². The van der Waals surface area contributed by atoms with Crippen LogP contribution in [0.15, 0.2) is 0 Å². The van der Waals surface area contributed by atoms with Gasteiger partial charge in [0.2, 0.25) is 0 Å². The number of likely N-dealkylation sites (tertiary alicyclic amines) is 1. The van der Waals surface area contributed by atoms with E-state index >= 15 is 0 Å². The van der Waals surface area contributed by atoms with Gasteiger partial charge in [-0.25, -0.2) is 0 Å². The molecule has 5 saturated heterocycles. The molecule has 5 aliphatic heterocycles. The number of carbonyl (C=O) groups excluding carboxylic acids is 1. The largest absolute Gasteiger partial charge is 0.462 e. The lowest BCUT2D eigenvalue weighted by atomic mass is 9.77. The van der Waals surface area contributed by atoms with Crippen molar-refractivity contribution in [2.75, 3.05) is 47.1 Å². The third-order valence-corrected chi connectivity index (χ3v) is 14.2. The van der Waals surface area contributed by atoms with Gasteiger partial charge < -0.3 is 38.5 Å². The van der Waals surface area contributed by atoms with Crippen molar-refractivity contribution >= 4 is 5.97 Å². The van der Waals surface area contributed by atoms with Crippen molar-refractivity contribution in [2.45, 2.75) is 243 Å². The van der Waals surface area contributed by atoms with Crippen molar-refractivity contribution in [1.29, 1.82) is 0 Å². The molecule has 4 atom stereocenters. The Morgan fingerprint density at radius 1 is 0.610 bits per heavy atom. The zero-order valence-corrected chi connectivity index (χ0v) is 40.4. The first kappa shape index (κ1) is 49.1. The highest BCUT2D eigenvalue weighted by Crippen LogP contribution is 2.46. The summed E-state index contributed by atoms with van der Waals surface area (Å²) in [6, 6.07) is 0. The maximum Gasteiger partial charge on any atom is 0.308 e. The Hall–Kier alpha value is -0.970. The van der Waals surface area contributed by atoms with Crippen molar-refractivity contribution < 1.29 is 43.3 Å². The minimum absolute atomic E-state index is 0.00957. The van der Waals surface area contributed by atoms with Crippen molar-refractivity contribution in [3.63, 3.8) is 0 Å². The van der Waals surface area contributed by atoms with Crippen LogP contribution in [-0.2, 0) is 38.2 Å². The van der Waals surface area contributed by atoms with Gasteiger partial charge in [-0.15, -0.1) is 0 Å². The highest BCUT2D eigenvalue weighted by molar-refractivity contribution is 5.69. The molecule has 5 aliphatic rings. The van der Waals surface area contributed by atoms with E-state index in [1.54, 1.807) is 14.2 Å². The molecule has 0 amide bonds. The predicted molar refractivity (Wildman–Crippen MR) is 230 cm³/mol. The Bertz CT molecular complexity index is 1380. The van der Waals surface area contributed by atoms with Crippen LogP contribution < -0.4 is 0 Å². The van der Waals surface area contributed by atoms with Gasteiger partial charge in [0, 0.05) is 64.7 Å². The molecule has 5 rings (SSSR count). The van der Waals surface area contributed by atoms with Crippen LogP contribution in [0.4, 0.5) is 0 Å². The lowest BCUT2D eigenvalue weighted by Crippen LogP contribution is -2.64. The van der Waals surface area contributed by atoms with Gasteiger partial charge in [0.05, 0.1) is 71.0 Å². The third-order valence-electron chi connectivity index (χ3n) is 14.2. The standard InChI is InChI=1S/C46H86N4O9/c1-39(2)20-33(21-40(3,4)47(39)28-32(51)30-56-34-22-42(7,8)49(53-16)43(9,10)23-34)55-19-18-38(52)58-36-26-41(5,6)48-29-37(59-46(48,15)27-36)31-57-35-24-44(11,12)50(54-17)45(13,14)25-35/h32-37,51H,18-31H2,1-17H3. The molecule has 5 heterocycles. The van der Waals surface area contributed by atoms with E-state index in [1.807, 2.05) is 0 Å². The number of esters is 1. The molecule has 0 radical (unpaired) electrons. The Balaban J connectivity index is 1.06. The van der Waals surface area contributed by atoms with Crippen molar-refractivity contribution in [2.24, 2.45) is 0 Å². The topological polar surface area (TPSA) is 115 Å². The Morgan fingerprint density at radius 3 is 1.54 bits per heavy atom. The third kappa shape index (κ3) is 11.2. The summed E-state index contributed by atoms with van der Waals surface area (Å²) in [5.74, 6) is -0.230. The molecule has 0 bridgehead atoms. The molecule has 0 saturated carbocycles. The van der Waals surface area contributed by atoms with E-state index in [4.69, 9.17) is 33.4 Å². The first-order valence-electron chi connectivity index (χ1n) is 22.6. The number of piperidine rings is 4. The summed E-state index contributed by atoms with van der Waals surface area (Å²) in [6.45, 7) is 35.5. The van der Waals surface area contributed by atoms with Gasteiger partial charge >= 0.3 is 5.97 Å². The fourth-order valence-corrected chi connectivity index (χ4v) is 12.9. The molecule has 344 valence electrons. The van der Waals surface area contributed by atoms with Crippen molar-refractivity contribution in [3.05, 3.63) is 0 Å². The molecule has 0 aromatic heterocycles.